The second kappa shape index (κ2) is 5.48. The van der Waals surface area contributed by atoms with Crippen molar-refractivity contribution in [3.63, 3.8) is 0 Å². The van der Waals surface area contributed by atoms with Gasteiger partial charge in [0.1, 0.15) is 10.5 Å². The van der Waals surface area contributed by atoms with Gasteiger partial charge in [-0.05, 0) is 28.1 Å². The summed E-state index contributed by atoms with van der Waals surface area (Å²) in [6, 6.07) is 3.71. The van der Waals surface area contributed by atoms with Crippen LogP contribution >= 0.6 is 28.1 Å². The molecule has 0 amide bonds. The molecule has 0 aromatic carbocycles. The molecule has 0 unspecified atom stereocenters. The number of H-pyrrole nitrogens is 1. The molecule has 0 spiro atoms. The third-order valence-electron chi connectivity index (χ3n) is 2.08. The van der Waals surface area contributed by atoms with Crippen LogP contribution in [0, 0.1) is 4.64 Å². The minimum Gasteiger partial charge on any atom is -0.378 e. The van der Waals surface area contributed by atoms with E-state index in [1.807, 2.05) is 6.07 Å². The number of aromatic amines is 1. The van der Waals surface area contributed by atoms with Crippen molar-refractivity contribution >= 4 is 28.1 Å². The Bertz CT molecular complexity index is 585. The van der Waals surface area contributed by atoms with Gasteiger partial charge in [0.15, 0.2) is 0 Å². The molecule has 0 atom stereocenters. The van der Waals surface area contributed by atoms with Gasteiger partial charge in [0.25, 0.3) is 0 Å². The highest BCUT2D eigenvalue weighted by Gasteiger charge is 2.03. The van der Waals surface area contributed by atoms with Crippen molar-refractivity contribution in [2.45, 2.75) is 6.61 Å². The van der Waals surface area contributed by atoms with E-state index in [0.717, 1.165) is 15.7 Å². The Morgan fingerprint density at radius 1 is 1.41 bits per heavy atom. The molecule has 0 fully saturated rings. The average Bonchev–Trinajstić information content (AvgIpc) is 2.28. The van der Waals surface area contributed by atoms with E-state index in [4.69, 9.17) is 17.0 Å². The van der Waals surface area contributed by atoms with Crippen LogP contribution in [0.3, 0.4) is 0 Å². The Balaban J connectivity index is 2.48. The largest absolute Gasteiger partial charge is 0.378 e. The standard InChI is InChI=1S/C11H10BrN3OS/c1-16-6-9-3-10(17)15-11(14-9)7-2-8(12)5-13-4-7/h2-5H,6H2,1H3,(H,14,15,17). The lowest BCUT2D eigenvalue weighted by atomic mass is 10.2. The van der Waals surface area contributed by atoms with Crippen molar-refractivity contribution in [1.82, 2.24) is 15.0 Å². The van der Waals surface area contributed by atoms with Crippen LogP contribution in [0.4, 0.5) is 0 Å². The first kappa shape index (κ1) is 12.3. The fourth-order valence-corrected chi connectivity index (χ4v) is 2.02. The molecule has 0 aliphatic carbocycles. The summed E-state index contributed by atoms with van der Waals surface area (Å²) in [5.74, 6) is 0.693. The summed E-state index contributed by atoms with van der Waals surface area (Å²) in [6.45, 7) is 0.473. The zero-order valence-electron chi connectivity index (χ0n) is 9.11. The van der Waals surface area contributed by atoms with Gasteiger partial charge < -0.3 is 9.72 Å². The van der Waals surface area contributed by atoms with Crippen LogP contribution < -0.4 is 0 Å². The number of nitrogens with one attached hydrogen (secondary N) is 1. The van der Waals surface area contributed by atoms with Crippen molar-refractivity contribution < 1.29 is 4.74 Å². The fourth-order valence-electron chi connectivity index (χ4n) is 1.42. The van der Waals surface area contributed by atoms with Crippen LogP contribution in [0.1, 0.15) is 5.69 Å². The van der Waals surface area contributed by atoms with Gasteiger partial charge in [0, 0.05) is 35.2 Å². The van der Waals surface area contributed by atoms with Gasteiger partial charge in [-0.25, -0.2) is 4.98 Å². The number of nitrogens with zero attached hydrogens (tertiary/aromatic N) is 2. The summed E-state index contributed by atoms with van der Waals surface area (Å²) in [5.41, 5.74) is 1.77. The van der Waals surface area contributed by atoms with Gasteiger partial charge >= 0.3 is 0 Å². The lowest BCUT2D eigenvalue weighted by Crippen LogP contribution is -1.97. The molecule has 2 heterocycles. The first-order valence-electron chi connectivity index (χ1n) is 4.89. The molecule has 0 aliphatic rings. The Hall–Kier alpha value is -1.11. The molecule has 0 saturated heterocycles. The Morgan fingerprint density at radius 3 is 2.94 bits per heavy atom. The van der Waals surface area contributed by atoms with Crippen LogP contribution in [0.5, 0.6) is 0 Å². The molecule has 4 nitrogen and oxygen atoms in total. The summed E-state index contributed by atoms with van der Waals surface area (Å²) < 4.78 is 6.50. The Morgan fingerprint density at radius 2 is 2.24 bits per heavy atom. The van der Waals surface area contributed by atoms with Crippen LogP contribution in [0.15, 0.2) is 29.0 Å². The number of halogens is 1. The van der Waals surface area contributed by atoms with E-state index in [2.05, 4.69) is 30.9 Å². The number of rotatable bonds is 3. The molecule has 0 saturated carbocycles. The predicted molar refractivity (Wildman–Crippen MR) is 71.1 cm³/mol. The Kier molecular flexibility index (Phi) is 3.98. The maximum Gasteiger partial charge on any atom is 0.140 e. The molecule has 2 aromatic heterocycles. The van der Waals surface area contributed by atoms with E-state index >= 15 is 0 Å². The minimum atomic E-state index is 0.473. The molecular weight excluding hydrogens is 302 g/mol. The smallest absolute Gasteiger partial charge is 0.140 e. The molecule has 88 valence electrons. The monoisotopic (exact) mass is 311 g/mol. The van der Waals surface area contributed by atoms with Crippen molar-refractivity contribution in [3.8, 4) is 11.4 Å². The molecule has 0 radical (unpaired) electrons. The number of hydrogen-bond donors (Lipinski definition) is 1. The van der Waals surface area contributed by atoms with Crippen molar-refractivity contribution in [3.05, 3.63) is 39.3 Å². The molecule has 0 aliphatic heterocycles. The van der Waals surface area contributed by atoms with Gasteiger partial charge in [0.2, 0.25) is 0 Å². The lowest BCUT2D eigenvalue weighted by molar-refractivity contribution is 0.181. The number of ether oxygens (including phenoxy) is 1. The number of pyridine rings is 1. The first-order valence-corrected chi connectivity index (χ1v) is 6.09. The van der Waals surface area contributed by atoms with Crippen LogP contribution in [-0.2, 0) is 11.3 Å². The number of hydrogen-bond acceptors (Lipinski definition) is 4. The minimum absolute atomic E-state index is 0.473. The first-order chi connectivity index (χ1) is 8.19. The summed E-state index contributed by atoms with van der Waals surface area (Å²) >= 11 is 8.49. The van der Waals surface area contributed by atoms with E-state index in [1.165, 1.54) is 0 Å². The van der Waals surface area contributed by atoms with Crippen LogP contribution in [0.25, 0.3) is 11.4 Å². The van der Waals surface area contributed by atoms with Crippen molar-refractivity contribution in [1.29, 1.82) is 0 Å². The zero-order chi connectivity index (χ0) is 12.3. The average molecular weight is 312 g/mol. The van der Waals surface area contributed by atoms with Gasteiger partial charge in [-0.1, -0.05) is 12.2 Å². The fraction of sp³-hybridized carbons (Fsp3) is 0.182. The van der Waals surface area contributed by atoms with Gasteiger partial charge in [-0.15, -0.1) is 0 Å². The molecular formula is C11H10BrN3OS. The SMILES string of the molecule is COCc1cc(=S)nc(-c2cncc(Br)c2)[nH]1. The van der Waals surface area contributed by atoms with Gasteiger partial charge in [-0.2, -0.15) is 0 Å². The predicted octanol–water partition coefficient (Wildman–Crippen LogP) is 3.11. The molecule has 17 heavy (non-hydrogen) atoms. The zero-order valence-corrected chi connectivity index (χ0v) is 11.5. The molecule has 1 N–H and O–H groups in total. The van der Waals surface area contributed by atoms with Gasteiger partial charge in [0.05, 0.1) is 6.61 Å². The van der Waals surface area contributed by atoms with Crippen molar-refractivity contribution in [2.75, 3.05) is 7.11 Å². The summed E-state index contributed by atoms with van der Waals surface area (Å²) in [6.07, 6.45) is 3.45. The van der Waals surface area contributed by atoms with Crippen LogP contribution in [0.2, 0.25) is 0 Å². The lowest BCUT2D eigenvalue weighted by Gasteiger charge is -2.05. The molecule has 2 rings (SSSR count). The van der Waals surface area contributed by atoms with Crippen molar-refractivity contribution in [2.24, 2.45) is 0 Å². The van der Waals surface area contributed by atoms with E-state index in [0.29, 0.717) is 17.1 Å². The highest BCUT2D eigenvalue weighted by molar-refractivity contribution is 9.10. The molecule has 2 aromatic rings. The number of aromatic nitrogens is 3. The van der Waals surface area contributed by atoms with E-state index < -0.39 is 0 Å². The summed E-state index contributed by atoms with van der Waals surface area (Å²) in [5, 5.41) is 0. The summed E-state index contributed by atoms with van der Waals surface area (Å²) in [4.78, 5) is 11.5. The van der Waals surface area contributed by atoms with Gasteiger partial charge in [-0.3, -0.25) is 4.98 Å². The highest BCUT2D eigenvalue weighted by Crippen LogP contribution is 2.18. The van der Waals surface area contributed by atoms with E-state index in [1.54, 1.807) is 25.6 Å². The van der Waals surface area contributed by atoms with E-state index in [-0.39, 0.29) is 0 Å². The summed E-state index contributed by atoms with van der Waals surface area (Å²) in [7, 11) is 1.64. The topological polar surface area (TPSA) is 50.8 Å². The maximum atomic E-state index is 5.12. The molecule has 6 heteroatoms. The normalized spacial score (nSPS) is 10.5. The second-order valence-corrected chi connectivity index (χ2v) is 4.75. The quantitative estimate of drug-likeness (QED) is 0.885. The maximum absolute atomic E-state index is 5.12. The second-order valence-electron chi connectivity index (χ2n) is 3.42. The number of methoxy groups -OCH3 is 1. The third kappa shape index (κ3) is 3.18. The van der Waals surface area contributed by atoms with Crippen LogP contribution in [-0.4, -0.2) is 22.1 Å². The molecule has 0 bridgehead atoms. The van der Waals surface area contributed by atoms with E-state index in [9.17, 15) is 0 Å². The highest BCUT2D eigenvalue weighted by atomic mass is 79.9. The Labute approximate surface area is 112 Å². The third-order valence-corrected chi connectivity index (χ3v) is 2.72.